The Labute approximate surface area is 156 Å². The molecule has 0 unspecified atom stereocenters. The maximum Gasteiger partial charge on any atom is 0.233 e. The third kappa shape index (κ3) is 5.17. The summed E-state index contributed by atoms with van der Waals surface area (Å²) in [6.45, 7) is 7.35. The van der Waals surface area contributed by atoms with Gasteiger partial charge in [0.05, 0.1) is 18.0 Å². The minimum atomic E-state index is 0.0875. The van der Waals surface area contributed by atoms with E-state index in [-0.39, 0.29) is 18.1 Å². The van der Waals surface area contributed by atoms with Crippen LogP contribution in [0.1, 0.15) is 19.4 Å². The summed E-state index contributed by atoms with van der Waals surface area (Å²) in [4.78, 5) is 14.3. The number of benzene rings is 1. The van der Waals surface area contributed by atoms with Crippen LogP contribution in [0, 0.1) is 6.92 Å². The van der Waals surface area contributed by atoms with Gasteiger partial charge in [0, 0.05) is 18.8 Å². The van der Waals surface area contributed by atoms with E-state index < -0.39 is 0 Å². The summed E-state index contributed by atoms with van der Waals surface area (Å²) in [7, 11) is 0. The topological polar surface area (TPSA) is 67.4 Å². The summed E-state index contributed by atoms with van der Waals surface area (Å²) >= 11 is 2.89. The molecule has 1 amide bonds. The minimum absolute atomic E-state index is 0.0875. The number of carbonyl (C=O) groups excluding carboxylic acids is 1. The number of morpholine rings is 1. The Morgan fingerprint density at radius 2 is 1.96 bits per heavy atom. The molecule has 6 nitrogen and oxygen atoms in total. The lowest BCUT2D eigenvalue weighted by Crippen LogP contribution is -2.48. The second-order valence-corrected chi connectivity index (χ2v) is 8.41. The predicted molar refractivity (Wildman–Crippen MR) is 102 cm³/mol. The number of nitrogens with zero attached hydrogens (tertiary/aromatic N) is 3. The highest BCUT2D eigenvalue weighted by atomic mass is 32.2. The number of aromatic nitrogens is 2. The van der Waals surface area contributed by atoms with E-state index in [9.17, 15) is 4.79 Å². The van der Waals surface area contributed by atoms with Gasteiger partial charge in [-0.05, 0) is 32.9 Å². The van der Waals surface area contributed by atoms with E-state index in [1.54, 1.807) is 0 Å². The molecule has 0 spiro atoms. The number of nitrogens with one attached hydrogen (secondary N) is 1. The fraction of sp³-hybridized carbons (Fsp3) is 0.471. The summed E-state index contributed by atoms with van der Waals surface area (Å²) in [5.41, 5.74) is 2.19. The number of thioether (sulfide) groups is 1. The molecule has 2 atom stereocenters. The van der Waals surface area contributed by atoms with Crippen molar-refractivity contribution in [1.82, 2.24) is 15.1 Å². The Kier molecular flexibility index (Phi) is 5.93. The molecule has 0 aliphatic carbocycles. The Hall–Kier alpha value is -1.64. The van der Waals surface area contributed by atoms with Crippen LogP contribution in [0.15, 0.2) is 28.6 Å². The van der Waals surface area contributed by atoms with Crippen LogP contribution in [0.4, 0.5) is 10.8 Å². The van der Waals surface area contributed by atoms with Gasteiger partial charge in [-0.3, -0.25) is 4.79 Å². The Bertz CT molecular complexity index is 710. The summed E-state index contributed by atoms with van der Waals surface area (Å²) in [5, 5.41) is 12.3. The first-order chi connectivity index (χ1) is 12.0. The fourth-order valence-corrected chi connectivity index (χ4v) is 4.35. The number of hydrogen-bond acceptors (Lipinski definition) is 7. The van der Waals surface area contributed by atoms with Crippen LogP contribution >= 0.6 is 23.1 Å². The maximum atomic E-state index is 12.4. The first-order valence-corrected chi connectivity index (χ1v) is 10.0. The predicted octanol–water partition coefficient (Wildman–Crippen LogP) is 3.32. The molecule has 1 aromatic carbocycles. The largest absolute Gasteiger partial charge is 0.372 e. The van der Waals surface area contributed by atoms with Gasteiger partial charge in [0.1, 0.15) is 0 Å². The Balaban J connectivity index is 1.51. The number of anilines is 2. The van der Waals surface area contributed by atoms with Gasteiger partial charge in [0.15, 0.2) is 4.34 Å². The number of amides is 1. The van der Waals surface area contributed by atoms with Crippen LogP contribution in [0.25, 0.3) is 0 Å². The van der Waals surface area contributed by atoms with Crippen LogP contribution < -0.4 is 5.32 Å². The van der Waals surface area contributed by atoms with Crippen LogP contribution in [-0.4, -0.2) is 52.1 Å². The molecule has 1 saturated heterocycles. The zero-order valence-electron chi connectivity index (χ0n) is 14.6. The fourth-order valence-electron chi connectivity index (χ4n) is 2.68. The average Bonchev–Trinajstić information content (AvgIpc) is 3.01. The number of hydrogen-bond donors (Lipinski definition) is 1. The highest BCUT2D eigenvalue weighted by Gasteiger charge is 2.25. The molecular formula is C17H22N4O2S2. The van der Waals surface area contributed by atoms with Gasteiger partial charge >= 0.3 is 0 Å². The van der Waals surface area contributed by atoms with E-state index in [1.165, 1.54) is 28.7 Å². The first kappa shape index (κ1) is 18.2. The van der Waals surface area contributed by atoms with E-state index in [2.05, 4.69) is 22.4 Å². The lowest BCUT2D eigenvalue weighted by Gasteiger charge is -2.35. The van der Waals surface area contributed by atoms with Crippen LogP contribution in [0.3, 0.4) is 0 Å². The van der Waals surface area contributed by atoms with E-state index in [4.69, 9.17) is 4.74 Å². The molecular weight excluding hydrogens is 356 g/mol. The highest BCUT2D eigenvalue weighted by molar-refractivity contribution is 8.01. The minimum Gasteiger partial charge on any atom is -0.372 e. The summed E-state index contributed by atoms with van der Waals surface area (Å²) in [6, 6.07) is 8.10. The number of carbonyl (C=O) groups is 1. The maximum absolute atomic E-state index is 12.4. The normalized spacial score (nSPS) is 20.5. The summed E-state index contributed by atoms with van der Waals surface area (Å²) < 4.78 is 6.46. The molecule has 1 N–H and O–H groups in total. The van der Waals surface area contributed by atoms with Gasteiger partial charge in [-0.1, -0.05) is 40.8 Å². The van der Waals surface area contributed by atoms with Gasteiger partial charge in [-0.25, -0.2) is 0 Å². The second-order valence-electron chi connectivity index (χ2n) is 6.21. The third-order valence-corrected chi connectivity index (χ3v) is 5.76. The third-order valence-electron chi connectivity index (χ3n) is 3.80. The summed E-state index contributed by atoms with van der Waals surface area (Å²) in [6.07, 6.45) is 0.175. The van der Waals surface area contributed by atoms with Crippen molar-refractivity contribution in [2.75, 3.05) is 24.2 Å². The SMILES string of the molecule is Cc1ccc(Nc2nnc(SCC(=O)N3C[C@@H](C)O[C@H](C)C3)s2)cc1. The Morgan fingerprint density at radius 3 is 2.64 bits per heavy atom. The smallest absolute Gasteiger partial charge is 0.233 e. The van der Waals surface area contributed by atoms with Gasteiger partial charge in [0.2, 0.25) is 11.0 Å². The molecule has 8 heteroatoms. The highest BCUT2D eigenvalue weighted by Crippen LogP contribution is 2.28. The van der Waals surface area contributed by atoms with Gasteiger partial charge < -0.3 is 15.0 Å². The van der Waals surface area contributed by atoms with Crippen molar-refractivity contribution >= 4 is 39.8 Å². The molecule has 1 fully saturated rings. The standard InChI is InChI=1S/C17H22N4O2S2/c1-11-4-6-14(7-5-11)18-16-19-20-17(25-16)24-10-15(22)21-8-12(2)23-13(3)9-21/h4-7,12-13H,8-10H2,1-3H3,(H,18,19)/t12-,13-/m1/s1. The van der Waals surface area contributed by atoms with Gasteiger partial charge in [0.25, 0.3) is 0 Å². The van der Waals surface area contributed by atoms with Crippen molar-refractivity contribution in [2.24, 2.45) is 0 Å². The molecule has 0 radical (unpaired) electrons. The zero-order valence-corrected chi connectivity index (χ0v) is 16.2. The van der Waals surface area contributed by atoms with Crippen molar-refractivity contribution < 1.29 is 9.53 Å². The van der Waals surface area contributed by atoms with Crippen molar-refractivity contribution in [2.45, 2.75) is 37.3 Å². The van der Waals surface area contributed by atoms with E-state index in [0.29, 0.717) is 18.8 Å². The van der Waals surface area contributed by atoms with Gasteiger partial charge in [-0.2, -0.15) is 0 Å². The lowest BCUT2D eigenvalue weighted by atomic mass is 10.2. The molecule has 1 aromatic heterocycles. The van der Waals surface area contributed by atoms with Crippen molar-refractivity contribution in [3.63, 3.8) is 0 Å². The van der Waals surface area contributed by atoms with E-state index in [0.717, 1.165) is 15.2 Å². The molecule has 25 heavy (non-hydrogen) atoms. The Morgan fingerprint density at radius 1 is 1.28 bits per heavy atom. The molecule has 3 rings (SSSR count). The molecule has 1 aliphatic rings. The van der Waals surface area contributed by atoms with Crippen LogP contribution in [0.5, 0.6) is 0 Å². The molecule has 1 aliphatic heterocycles. The molecule has 0 saturated carbocycles. The average molecular weight is 379 g/mol. The van der Waals surface area contributed by atoms with Crippen LogP contribution in [0.2, 0.25) is 0 Å². The quantitative estimate of drug-likeness (QED) is 0.805. The molecule has 2 heterocycles. The first-order valence-electron chi connectivity index (χ1n) is 8.23. The van der Waals surface area contributed by atoms with E-state index in [1.807, 2.05) is 43.0 Å². The van der Waals surface area contributed by atoms with Crippen molar-refractivity contribution in [1.29, 1.82) is 0 Å². The number of ether oxygens (including phenoxy) is 1. The molecule has 0 bridgehead atoms. The zero-order chi connectivity index (χ0) is 17.8. The van der Waals surface area contributed by atoms with Crippen molar-refractivity contribution in [3.05, 3.63) is 29.8 Å². The monoisotopic (exact) mass is 378 g/mol. The number of rotatable bonds is 5. The van der Waals surface area contributed by atoms with Crippen molar-refractivity contribution in [3.8, 4) is 0 Å². The summed E-state index contributed by atoms with van der Waals surface area (Å²) in [5.74, 6) is 0.494. The van der Waals surface area contributed by atoms with Crippen LogP contribution in [-0.2, 0) is 9.53 Å². The molecule has 134 valence electrons. The molecule has 2 aromatic rings. The second kappa shape index (κ2) is 8.16. The lowest BCUT2D eigenvalue weighted by molar-refractivity contribution is -0.140. The van der Waals surface area contributed by atoms with Gasteiger partial charge in [-0.15, -0.1) is 10.2 Å². The van der Waals surface area contributed by atoms with E-state index >= 15 is 0 Å². The number of aryl methyl sites for hydroxylation is 1.